The van der Waals surface area contributed by atoms with Crippen LogP contribution in [0, 0.1) is 0 Å². The minimum atomic E-state index is -0.503. The fourth-order valence-corrected chi connectivity index (χ4v) is 12.1. The zero-order valence-electron chi connectivity index (χ0n) is 37.9. The monoisotopic (exact) mass is 875 g/mol. The second-order valence-electron chi connectivity index (χ2n) is 18.7. The molecule has 322 valence electrons. The van der Waals surface area contributed by atoms with Gasteiger partial charge in [-0.05, 0) is 137 Å². The maximum absolute atomic E-state index is 2.54. The third-order valence-corrected chi connectivity index (χ3v) is 15.2. The average Bonchev–Trinajstić information content (AvgIpc) is 4.04. The SMILES string of the molecule is c1ccc(-c2ccc(-n3c4ccc(-c5ccc6c(c5)-c5ccccc5C6c5cccc(-c6ccccc6)c5)cc4c4cc5c(cc43)-c3ccccc3C5(c3ccccc3)c3ccccc3)cc2)cc1. The van der Waals surface area contributed by atoms with Crippen LogP contribution < -0.4 is 0 Å². The van der Waals surface area contributed by atoms with Crippen LogP contribution in [0.15, 0.2) is 267 Å². The number of aromatic nitrogens is 1. The third kappa shape index (κ3) is 6.04. The number of nitrogens with zero attached hydrogens (tertiary/aromatic N) is 1. The Balaban J connectivity index is 0.983. The first-order valence-electron chi connectivity index (χ1n) is 24.1. The molecule has 1 nitrogen and oxygen atoms in total. The molecule has 0 radical (unpaired) electrons. The van der Waals surface area contributed by atoms with Crippen molar-refractivity contribution in [1.29, 1.82) is 0 Å². The quantitative estimate of drug-likeness (QED) is 0.150. The summed E-state index contributed by atoms with van der Waals surface area (Å²) >= 11 is 0. The van der Waals surface area contributed by atoms with E-state index in [1.807, 2.05) is 0 Å². The molecule has 14 rings (SSSR count). The van der Waals surface area contributed by atoms with Crippen molar-refractivity contribution in [2.24, 2.45) is 0 Å². The topological polar surface area (TPSA) is 4.93 Å². The molecule has 0 saturated carbocycles. The van der Waals surface area contributed by atoms with Gasteiger partial charge in [-0.2, -0.15) is 0 Å². The van der Waals surface area contributed by atoms with Gasteiger partial charge in [-0.25, -0.2) is 0 Å². The van der Waals surface area contributed by atoms with Gasteiger partial charge in [0.2, 0.25) is 0 Å². The molecule has 0 N–H and O–H groups in total. The lowest BCUT2D eigenvalue weighted by Gasteiger charge is -2.34. The predicted molar refractivity (Wildman–Crippen MR) is 287 cm³/mol. The normalized spacial score (nSPS) is 14.1. The number of benzene rings is 11. The first-order valence-corrected chi connectivity index (χ1v) is 24.1. The zero-order chi connectivity index (χ0) is 45.5. The van der Waals surface area contributed by atoms with Crippen molar-refractivity contribution in [3.63, 3.8) is 0 Å². The Morgan fingerprint density at radius 1 is 0.290 bits per heavy atom. The molecule has 1 unspecified atom stereocenters. The summed E-state index contributed by atoms with van der Waals surface area (Å²) in [6.07, 6.45) is 0. The van der Waals surface area contributed by atoms with Gasteiger partial charge >= 0.3 is 0 Å². The largest absolute Gasteiger partial charge is 0.309 e. The minimum absolute atomic E-state index is 0.156. The van der Waals surface area contributed by atoms with E-state index in [0.717, 1.165) is 5.69 Å². The molecule has 69 heavy (non-hydrogen) atoms. The molecule has 0 bridgehead atoms. The van der Waals surface area contributed by atoms with Gasteiger partial charge in [-0.1, -0.05) is 224 Å². The van der Waals surface area contributed by atoms with Crippen LogP contribution in [-0.2, 0) is 5.41 Å². The highest BCUT2D eigenvalue weighted by Gasteiger charge is 2.46. The highest BCUT2D eigenvalue weighted by molar-refractivity contribution is 6.13. The van der Waals surface area contributed by atoms with Crippen molar-refractivity contribution in [2.45, 2.75) is 11.3 Å². The molecule has 0 aliphatic heterocycles. The summed E-state index contributed by atoms with van der Waals surface area (Å²) in [5.74, 6) is 0.156. The van der Waals surface area contributed by atoms with Gasteiger partial charge < -0.3 is 4.57 Å². The van der Waals surface area contributed by atoms with Crippen LogP contribution in [0.1, 0.15) is 44.9 Å². The van der Waals surface area contributed by atoms with Crippen LogP contribution in [0.25, 0.3) is 83.1 Å². The first-order chi connectivity index (χ1) is 34.2. The Labute approximate surface area is 402 Å². The van der Waals surface area contributed by atoms with E-state index in [0.29, 0.717) is 0 Å². The van der Waals surface area contributed by atoms with Crippen molar-refractivity contribution in [3.8, 4) is 61.3 Å². The maximum atomic E-state index is 2.54. The molecule has 1 heterocycles. The van der Waals surface area contributed by atoms with E-state index >= 15 is 0 Å². The summed E-state index contributed by atoms with van der Waals surface area (Å²) in [5.41, 5.74) is 24.7. The molecule has 12 aromatic rings. The zero-order valence-corrected chi connectivity index (χ0v) is 37.9. The molecule has 1 aromatic heterocycles. The molecule has 2 aliphatic rings. The van der Waals surface area contributed by atoms with Crippen molar-refractivity contribution in [1.82, 2.24) is 4.57 Å². The van der Waals surface area contributed by atoms with Gasteiger partial charge in [0, 0.05) is 22.4 Å². The standard InChI is InChI=1S/C68H45N/c1-5-18-45(19-6-1)47-32-36-54(37-33-47)69-65-39-35-50(49-34-38-58-59(41-49)55-28-13-14-30-57(55)67(58)51-23-17-22-48(40-51)46-20-7-2-8-21-46)42-61(65)62-43-64-60(44-66(62)69)56-29-15-16-31-63(56)68(64,52-24-9-3-10-25-52)53-26-11-4-12-27-53/h1-44,67H. The summed E-state index contributed by atoms with van der Waals surface area (Å²) < 4.78 is 2.49. The highest BCUT2D eigenvalue weighted by Crippen LogP contribution is 2.58. The van der Waals surface area contributed by atoms with Crippen LogP contribution in [0.3, 0.4) is 0 Å². The molecule has 2 aliphatic carbocycles. The van der Waals surface area contributed by atoms with Crippen LogP contribution in [0.5, 0.6) is 0 Å². The number of rotatable bonds is 7. The van der Waals surface area contributed by atoms with Gasteiger partial charge in [-0.15, -0.1) is 0 Å². The average molecular weight is 876 g/mol. The van der Waals surface area contributed by atoms with E-state index in [-0.39, 0.29) is 5.92 Å². The van der Waals surface area contributed by atoms with Gasteiger partial charge in [0.15, 0.2) is 0 Å². The number of hydrogen-bond donors (Lipinski definition) is 0. The molecule has 0 saturated heterocycles. The van der Waals surface area contributed by atoms with Gasteiger partial charge in [0.1, 0.15) is 0 Å². The Hall–Kier alpha value is -8.78. The molecule has 11 aromatic carbocycles. The Morgan fingerprint density at radius 2 is 0.812 bits per heavy atom. The molecular weight excluding hydrogens is 831 g/mol. The van der Waals surface area contributed by atoms with Crippen molar-refractivity contribution in [3.05, 3.63) is 306 Å². The van der Waals surface area contributed by atoms with E-state index in [2.05, 4.69) is 271 Å². The molecule has 0 amide bonds. The van der Waals surface area contributed by atoms with E-state index in [1.165, 1.54) is 116 Å². The Bertz CT molecular complexity index is 3880. The molecule has 1 heteroatoms. The van der Waals surface area contributed by atoms with E-state index in [4.69, 9.17) is 0 Å². The van der Waals surface area contributed by atoms with Crippen LogP contribution in [-0.4, -0.2) is 4.57 Å². The smallest absolute Gasteiger partial charge is 0.0713 e. The van der Waals surface area contributed by atoms with Crippen LogP contribution >= 0.6 is 0 Å². The predicted octanol–water partition coefficient (Wildman–Crippen LogP) is 17.3. The minimum Gasteiger partial charge on any atom is -0.309 e. The molecular formula is C68H45N. The fraction of sp³-hybridized carbons (Fsp3) is 0.0294. The summed E-state index contributed by atoms with van der Waals surface area (Å²) in [5, 5.41) is 2.48. The van der Waals surface area contributed by atoms with Crippen molar-refractivity contribution in [2.75, 3.05) is 0 Å². The number of fused-ring (bicyclic) bond motifs is 9. The first kappa shape index (κ1) is 39.4. The summed E-state index contributed by atoms with van der Waals surface area (Å²) in [6.45, 7) is 0. The number of hydrogen-bond acceptors (Lipinski definition) is 0. The lowest BCUT2D eigenvalue weighted by Crippen LogP contribution is -2.28. The molecule has 0 spiro atoms. The van der Waals surface area contributed by atoms with Crippen molar-refractivity contribution >= 4 is 21.8 Å². The summed E-state index contributed by atoms with van der Waals surface area (Å²) in [6, 6.07) is 99.4. The summed E-state index contributed by atoms with van der Waals surface area (Å²) in [7, 11) is 0. The maximum Gasteiger partial charge on any atom is 0.0713 e. The second kappa shape index (κ2) is 15.7. The molecule has 1 atom stereocenters. The second-order valence-corrected chi connectivity index (χ2v) is 18.7. The van der Waals surface area contributed by atoms with Crippen molar-refractivity contribution < 1.29 is 0 Å². The lowest BCUT2D eigenvalue weighted by molar-refractivity contribution is 0.769. The third-order valence-electron chi connectivity index (χ3n) is 15.2. The van der Waals surface area contributed by atoms with E-state index < -0.39 is 5.41 Å². The van der Waals surface area contributed by atoms with E-state index in [9.17, 15) is 0 Å². The van der Waals surface area contributed by atoms with Gasteiger partial charge in [-0.3, -0.25) is 0 Å². The lowest BCUT2D eigenvalue weighted by atomic mass is 9.67. The fourth-order valence-electron chi connectivity index (χ4n) is 12.1. The highest BCUT2D eigenvalue weighted by atomic mass is 15.0. The summed E-state index contributed by atoms with van der Waals surface area (Å²) in [4.78, 5) is 0. The Kier molecular flexibility index (Phi) is 8.94. The Morgan fingerprint density at radius 3 is 1.54 bits per heavy atom. The van der Waals surface area contributed by atoms with Gasteiger partial charge in [0.05, 0.1) is 16.4 Å². The van der Waals surface area contributed by atoms with Crippen LogP contribution in [0.4, 0.5) is 0 Å². The van der Waals surface area contributed by atoms with Crippen LogP contribution in [0.2, 0.25) is 0 Å². The van der Waals surface area contributed by atoms with E-state index in [1.54, 1.807) is 0 Å². The van der Waals surface area contributed by atoms with Gasteiger partial charge in [0.25, 0.3) is 0 Å². The molecule has 0 fully saturated rings.